The van der Waals surface area contributed by atoms with Gasteiger partial charge in [0.15, 0.2) is 5.78 Å². The second-order valence-electron chi connectivity index (χ2n) is 8.42. The summed E-state index contributed by atoms with van der Waals surface area (Å²) in [5.41, 5.74) is 4.26. The second kappa shape index (κ2) is 9.23. The second-order valence-corrected chi connectivity index (χ2v) is 8.42. The zero-order valence-corrected chi connectivity index (χ0v) is 18.4. The normalized spacial score (nSPS) is 20.0. The minimum Gasteiger partial charge on any atom is -0.497 e. The fraction of sp³-hybridized carbons (Fsp3) is 0.542. The number of ketones is 1. The first-order valence-corrected chi connectivity index (χ1v) is 11.0. The third kappa shape index (κ3) is 4.55. The number of hydrogen-bond donors (Lipinski definition) is 0. The molecular weight excluding hydrogens is 378 g/mol. The highest BCUT2D eigenvalue weighted by Gasteiger charge is 2.24. The summed E-state index contributed by atoms with van der Waals surface area (Å²) in [7, 11) is 1.69. The maximum Gasteiger partial charge on any atom is 0.178 e. The van der Waals surface area contributed by atoms with Gasteiger partial charge >= 0.3 is 0 Å². The molecule has 2 aliphatic rings. The quantitative estimate of drug-likeness (QED) is 0.655. The molecule has 0 bridgehead atoms. The molecule has 0 N–H and O–H groups in total. The average molecular weight is 412 g/mol. The smallest absolute Gasteiger partial charge is 0.178 e. The van der Waals surface area contributed by atoms with Crippen LogP contribution in [0.3, 0.4) is 0 Å². The van der Waals surface area contributed by atoms with Gasteiger partial charge in [0.1, 0.15) is 5.75 Å². The molecule has 2 fully saturated rings. The van der Waals surface area contributed by atoms with Gasteiger partial charge in [-0.1, -0.05) is 6.07 Å². The van der Waals surface area contributed by atoms with Crippen LogP contribution in [0, 0.1) is 13.8 Å². The zero-order valence-electron chi connectivity index (χ0n) is 18.4. The largest absolute Gasteiger partial charge is 0.497 e. The summed E-state index contributed by atoms with van der Waals surface area (Å²) >= 11 is 0. The molecule has 3 heterocycles. The number of Topliss-reactive ketones (excluding diaryl/α,β-unsaturated/α-hetero) is 1. The highest BCUT2D eigenvalue weighted by atomic mass is 16.5. The van der Waals surface area contributed by atoms with E-state index in [-0.39, 0.29) is 11.9 Å². The third-order valence-electron chi connectivity index (χ3n) is 6.44. The van der Waals surface area contributed by atoms with Crippen LogP contribution in [0.25, 0.3) is 0 Å². The molecule has 6 heteroatoms. The molecule has 0 radical (unpaired) electrons. The van der Waals surface area contributed by atoms with Crippen LogP contribution in [0.15, 0.2) is 30.3 Å². The number of aromatic nitrogens is 1. The van der Waals surface area contributed by atoms with Crippen molar-refractivity contribution < 1.29 is 14.3 Å². The molecule has 30 heavy (non-hydrogen) atoms. The number of hydrogen-bond acceptors (Lipinski definition) is 5. The van der Waals surface area contributed by atoms with Gasteiger partial charge in [0.2, 0.25) is 0 Å². The highest BCUT2D eigenvalue weighted by Crippen LogP contribution is 2.23. The van der Waals surface area contributed by atoms with E-state index in [0.717, 1.165) is 74.9 Å². The van der Waals surface area contributed by atoms with Crippen molar-refractivity contribution in [2.45, 2.75) is 39.3 Å². The van der Waals surface area contributed by atoms with E-state index in [4.69, 9.17) is 9.47 Å². The van der Waals surface area contributed by atoms with Crippen molar-refractivity contribution in [1.82, 2.24) is 9.47 Å². The van der Waals surface area contributed by atoms with Crippen LogP contribution in [0.1, 0.15) is 34.6 Å². The Balaban J connectivity index is 1.34. The van der Waals surface area contributed by atoms with E-state index in [1.165, 1.54) is 5.69 Å². The summed E-state index contributed by atoms with van der Waals surface area (Å²) in [6, 6.07) is 10.2. The van der Waals surface area contributed by atoms with Crippen molar-refractivity contribution in [3.8, 4) is 5.75 Å². The number of nitrogens with zero attached hydrogens (tertiary/aromatic N) is 3. The lowest BCUT2D eigenvalue weighted by atomic mass is 10.1. The van der Waals surface area contributed by atoms with Gasteiger partial charge in [-0.25, -0.2) is 0 Å². The number of benzene rings is 1. The standard InChI is InChI=1S/C24H33N3O3/c1-18-14-23(19(2)27(18)16-22-8-5-13-30-22)24(28)17-25-9-11-26(12-10-25)20-6-4-7-21(15-20)29-3/h4,6-7,14-15,22H,5,8-13,16-17H2,1-3H3/t22-/m1/s1. The Morgan fingerprint density at radius 1 is 1.17 bits per heavy atom. The third-order valence-corrected chi connectivity index (χ3v) is 6.44. The number of methoxy groups -OCH3 is 1. The van der Waals surface area contributed by atoms with Crippen molar-refractivity contribution in [3.05, 3.63) is 47.3 Å². The Kier molecular flexibility index (Phi) is 6.44. The first-order valence-electron chi connectivity index (χ1n) is 11.0. The Hall–Kier alpha value is -2.31. The highest BCUT2D eigenvalue weighted by molar-refractivity contribution is 5.99. The molecule has 162 valence electrons. The molecule has 2 saturated heterocycles. The molecule has 1 atom stereocenters. The minimum atomic E-state index is 0.219. The van der Waals surface area contributed by atoms with Crippen LogP contribution in [0.2, 0.25) is 0 Å². The molecule has 4 rings (SSSR count). The molecule has 2 aliphatic heterocycles. The van der Waals surface area contributed by atoms with Crippen molar-refractivity contribution in [3.63, 3.8) is 0 Å². The topological polar surface area (TPSA) is 46.9 Å². The van der Waals surface area contributed by atoms with Gasteiger partial charge in [0.25, 0.3) is 0 Å². The van der Waals surface area contributed by atoms with Crippen LogP contribution in [0.5, 0.6) is 5.75 Å². The molecule has 6 nitrogen and oxygen atoms in total. The van der Waals surface area contributed by atoms with Crippen molar-refractivity contribution in [1.29, 1.82) is 0 Å². The van der Waals surface area contributed by atoms with Crippen molar-refractivity contribution in [2.75, 3.05) is 51.3 Å². The lowest BCUT2D eigenvalue weighted by Crippen LogP contribution is -2.48. The Bertz CT molecular complexity index is 878. The summed E-state index contributed by atoms with van der Waals surface area (Å²) in [5, 5.41) is 0. The molecule has 0 aliphatic carbocycles. The predicted molar refractivity (Wildman–Crippen MR) is 119 cm³/mol. The van der Waals surface area contributed by atoms with Gasteiger partial charge in [-0.3, -0.25) is 9.69 Å². The van der Waals surface area contributed by atoms with E-state index in [2.05, 4.69) is 46.4 Å². The van der Waals surface area contributed by atoms with Gasteiger partial charge in [0.05, 0.1) is 19.8 Å². The number of rotatable bonds is 7. The first kappa shape index (κ1) is 20.9. The fourth-order valence-electron chi connectivity index (χ4n) is 4.62. The lowest BCUT2D eigenvalue weighted by molar-refractivity contribution is 0.0918. The maximum absolute atomic E-state index is 13.1. The molecule has 0 unspecified atom stereocenters. The van der Waals surface area contributed by atoms with Gasteiger partial charge in [-0.15, -0.1) is 0 Å². The van der Waals surface area contributed by atoms with E-state index in [1.54, 1.807) is 7.11 Å². The SMILES string of the molecule is COc1cccc(N2CCN(CC(=O)c3cc(C)n(C[C@H]4CCCO4)c3C)CC2)c1. The predicted octanol–water partition coefficient (Wildman–Crippen LogP) is 3.30. The molecule has 0 saturated carbocycles. The van der Waals surface area contributed by atoms with E-state index < -0.39 is 0 Å². The minimum absolute atomic E-state index is 0.219. The van der Waals surface area contributed by atoms with Crippen LogP contribution >= 0.6 is 0 Å². The number of anilines is 1. The average Bonchev–Trinajstić information content (AvgIpc) is 3.38. The summed E-state index contributed by atoms with van der Waals surface area (Å²) in [5.74, 6) is 1.10. The van der Waals surface area contributed by atoms with Gasteiger partial charge < -0.3 is 18.9 Å². The molecule has 1 aromatic carbocycles. The molecular formula is C24H33N3O3. The molecule has 0 amide bonds. The summed E-state index contributed by atoms with van der Waals surface area (Å²) in [6.45, 7) is 9.95. The number of aryl methyl sites for hydroxylation is 1. The monoisotopic (exact) mass is 411 g/mol. The Morgan fingerprint density at radius 3 is 2.67 bits per heavy atom. The zero-order chi connectivity index (χ0) is 21.1. The van der Waals surface area contributed by atoms with Crippen molar-refractivity contribution >= 4 is 11.5 Å². The summed E-state index contributed by atoms with van der Waals surface area (Å²) in [6.07, 6.45) is 2.53. The molecule has 0 spiro atoms. The number of carbonyl (C=O) groups excluding carboxylic acids is 1. The molecule has 1 aromatic heterocycles. The lowest BCUT2D eigenvalue weighted by Gasteiger charge is -2.35. The van der Waals surface area contributed by atoms with Gasteiger partial charge in [-0.05, 0) is 44.9 Å². The van der Waals surface area contributed by atoms with E-state index >= 15 is 0 Å². The van der Waals surface area contributed by atoms with E-state index in [0.29, 0.717) is 6.54 Å². The Morgan fingerprint density at radius 2 is 1.97 bits per heavy atom. The van der Waals surface area contributed by atoms with Gasteiger partial charge in [0, 0.05) is 68.0 Å². The fourth-order valence-corrected chi connectivity index (χ4v) is 4.62. The first-order chi connectivity index (χ1) is 14.5. The van der Waals surface area contributed by atoms with Crippen LogP contribution < -0.4 is 9.64 Å². The molecule has 2 aromatic rings. The maximum atomic E-state index is 13.1. The number of piperazine rings is 1. The summed E-state index contributed by atoms with van der Waals surface area (Å²) in [4.78, 5) is 17.7. The van der Waals surface area contributed by atoms with Crippen molar-refractivity contribution in [2.24, 2.45) is 0 Å². The van der Waals surface area contributed by atoms with Crippen LogP contribution in [-0.2, 0) is 11.3 Å². The van der Waals surface area contributed by atoms with E-state index in [9.17, 15) is 4.79 Å². The van der Waals surface area contributed by atoms with Crippen LogP contribution in [0.4, 0.5) is 5.69 Å². The van der Waals surface area contributed by atoms with E-state index in [1.807, 2.05) is 12.1 Å². The number of ether oxygens (including phenoxy) is 2. The Labute approximate surface area is 179 Å². The summed E-state index contributed by atoms with van der Waals surface area (Å²) < 4.78 is 13.4. The van der Waals surface area contributed by atoms with Crippen LogP contribution in [-0.4, -0.2) is 67.8 Å². The number of carbonyl (C=O) groups is 1. The van der Waals surface area contributed by atoms with Gasteiger partial charge in [-0.2, -0.15) is 0 Å².